The van der Waals surface area contributed by atoms with Gasteiger partial charge in [0.05, 0.1) is 0 Å². The van der Waals surface area contributed by atoms with E-state index in [9.17, 15) is 0 Å². The molecule has 5 heteroatoms. The molecule has 60 valence electrons. The van der Waals surface area contributed by atoms with Crippen molar-refractivity contribution in [3.8, 4) is 5.82 Å². The van der Waals surface area contributed by atoms with Crippen LogP contribution in [0.3, 0.4) is 0 Å². The molecule has 0 aromatic carbocycles. The lowest BCUT2D eigenvalue weighted by Crippen LogP contribution is -1.97. The first-order chi connectivity index (χ1) is 5.86. The standard InChI is InChI=1S/C7H7N5/c8-7-10-5-12(11-7)6-3-1-2-4-9-6/h1-5H,(H2,8,11). The van der Waals surface area contributed by atoms with Crippen LogP contribution in [-0.4, -0.2) is 19.7 Å². The highest BCUT2D eigenvalue weighted by molar-refractivity contribution is 5.22. The maximum atomic E-state index is 5.35. The van der Waals surface area contributed by atoms with Crippen molar-refractivity contribution < 1.29 is 0 Å². The zero-order valence-corrected chi connectivity index (χ0v) is 6.25. The monoisotopic (exact) mass is 161 g/mol. The van der Waals surface area contributed by atoms with Crippen LogP contribution in [0, 0.1) is 0 Å². The van der Waals surface area contributed by atoms with Crippen LogP contribution in [0.15, 0.2) is 30.7 Å². The Bertz CT molecular complexity index is 366. The van der Waals surface area contributed by atoms with Crippen molar-refractivity contribution in [2.24, 2.45) is 0 Å². The normalized spacial score (nSPS) is 10.0. The summed E-state index contributed by atoms with van der Waals surface area (Å²) in [7, 11) is 0. The van der Waals surface area contributed by atoms with Crippen molar-refractivity contribution >= 4 is 5.95 Å². The van der Waals surface area contributed by atoms with Crippen LogP contribution >= 0.6 is 0 Å². The SMILES string of the molecule is Nc1ncn(-c2ccccn2)n1. The Morgan fingerprint density at radius 3 is 2.75 bits per heavy atom. The molecule has 0 aliphatic rings. The molecule has 0 saturated heterocycles. The van der Waals surface area contributed by atoms with Gasteiger partial charge in [0.1, 0.15) is 6.33 Å². The summed E-state index contributed by atoms with van der Waals surface area (Å²) >= 11 is 0. The number of hydrogen-bond acceptors (Lipinski definition) is 4. The fourth-order valence-corrected chi connectivity index (χ4v) is 0.876. The molecule has 0 unspecified atom stereocenters. The second kappa shape index (κ2) is 2.61. The van der Waals surface area contributed by atoms with Gasteiger partial charge < -0.3 is 5.73 Å². The lowest BCUT2D eigenvalue weighted by atomic mass is 10.5. The van der Waals surface area contributed by atoms with E-state index in [1.54, 1.807) is 6.20 Å². The van der Waals surface area contributed by atoms with Gasteiger partial charge in [0.15, 0.2) is 5.82 Å². The molecule has 0 spiro atoms. The predicted octanol–water partition coefficient (Wildman–Crippen LogP) is 0.244. The first-order valence-corrected chi connectivity index (χ1v) is 3.45. The predicted molar refractivity (Wildman–Crippen MR) is 43.6 cm³/mol. The molecule has 0 atom stereocenters. The number of anilines is 1. The van der Waals surface area contributed by atoms with E-state index in [1.807, 2.05) is 18.2 Å². The van der Waals surface area contributed by atoms with E-state index in [4.69, 9.17) is 5.73 Å². The molecule has 0 radical (unpaired) electrons. The van der Waals surface area contributed by atoms with E-state index < -0.39 is 0 Å². The van der Waals surface area contributed by atoms with Crippen LogP contribution in [0.4, 0.5) is 5.95 Å². The summed E-state index contributed by atoms with van der Waals surface area (Å²) in [5.41, 5.74) is 5.35. The van der Waals surface area contributed by atoms with Crippen LogP contribution in [0.1, 0.15) is 0 Å². The van der Waals surface area contributed by atoms with E-state index in [0.717, 1.165) is 0 Å². The van der Waals surface area contributed by atoms with Gasteiger partial charge in [0, 0.05) is 6.20 Å². The highest BCUT2D eigenvalue weighted by atomic mass is 15.4. The van der Waals surface area contributed by atoms with E-state index in [1.165, 1.54) is 11.0 Å². The molecular weight excluding hydrogens is 154 g/mol. The van der Waals surface area contributed by atoms with Crippen LogP contribution < -0.4 is 5.73 Å². The first kappa shape index (κ1) is 6.78. The average Bonchev–Trinajstić information content (AvgIpc) is 2.54. The minimum absolute atomic E-state index is 0.251. The molecule has 5 nitrogen and oxygen atoms in total. The smallest absolute Gasteiger partial charge is 0.239 e. The number of rotatable bonds is 1. The molecule has 2 aromatic heterocycles. The van der Waals surface area contributed by atoms with Crippen molar-refractivity contribution in [3.63, 3.8) is 0 Å². The second-order valence-electron chi connectivity index (χ2n) is 2.24. The summed E-state index contributed by atoms with van der Waals surface area (Å²) in [4.78, 5) is 7.85. The largest absolute Gasteiger partial charge is 0.366 e. The third-order valence-corrected chi connectivity index (χ3v) is 1.39. The molecule has 2 heterocycles. The molecule has 0 aliphatic heterocycles. The third-order valence-electron chi connectivity index (χ3n) is 1.39. The van der Waals surface area contributed by atoms with Crippen molar-refractivity contribution in [2.75, 3.05) is 5.73 Å². The highest BCUT2D eigenvalue weighted by Crippen LogP contribution is 2.00. The van der Waals surface area contributed by atoms with Gasteiger partial charge >= 0.3 is 0 Å². The fraction of sp³-hybridized carbons (Fsp3) is 0. The van der Waals surface area contributed by atoms with Crippen LogP contribution in [0.25, 0.3) is 5.82 Å². The number of aromatic nitrogens is 4. The summed E-state index contributed by atoms with van der Waals surface area (Å²) < 4.78 is 1.52. The second-order valence-corrected chi connectivity index (χ2v) is 2.24. The van der Waals surface area contributed by atoms with Gasteiger partial charge in [-0.2, -0.15) is 0 Å². The van der Waals surface area contributed by atoms with Gasteiger partial charge in [-0.05, 0) is 12.1 Å². The quantitative estimate of drug-likeness (QED) is 0.650. The Hall–Kier alpha value is -1.91. The lowest BCUT2D eigenvalue weighted by molar-refractivity contribution is 0.849. The zero-order chi connectivity index (χ0) is 8.39. The maximum Gasteiger partial charge on any atom is 0.239 e. The van der Waals surface area contributed by atoms with E-state index in [2.05, 4.69) is 15.1 Å². The third kappa shape index (κ3) is 1.12. The Morgan fingerprint density at radius 1 is 1.25 bits per heavy atom. The molecule has 0 aliphatic carbocycles. The van der Waals surface area contributed by atoms with Gasteiger partial charge in [-0.3, -0.25) is 0 Å². The molecule has 0 bridgehead atoms. The fourth-order valence-electron chi connectivity index (χ4n) is 0.876. The lowest BCUT2D eigenvalue weighted by Gasteiger charge is -1.95. The summed E-state index contributed by atoms with van der Waals surface area (Å²) in [6, 6.07) is 5.54. The minimum Gasteiger partial charge on any atom is -0.366 e. The van der Waals surface area contributed by atoms with Gasteiger partial charge in [-0.15, -0.1) is 5.10 Å². The van der Waals surface area contributed by atoms with Crippen LogP contribution in [0.2, 0.25) is 0 Å². The summed E-state index contributed by atoms with van der Waals surface area (Å²) in [6.45, 7) is 0. The average molecular weight is 161 g/mol. The zero-order valence-electron chi connectivity index (χ0n) is 6.25. The Balaban J connectivity index is 2.45. The number of nitrogens with two attached hydrogens (primary N) is 1. The van der Waals surface area contributed by atoms with Crippen molar-refractivity contribution in [3.05, 3.63) is 30.7 Å². The summed E-state index contributed by atoms with van der Waals surface area (Å²) in [6.07, 6.45) is 3.21. The highest BCUT2D eigenvalue weighted by Gasteiger charge is 1.97. The van der Waals surface area contributed by atoms with Crippen LogP contribution in [-0.2, 0) is 0 Å². The molecule has 0 amide bonds. The van der Waals surface area contributed by atoms with Crippen molar-refractivity contribution in [2.45, 2.75) is 0 Å². The molecule has 2 aromatic rings. The summed E-state index contributed by atoms with van der Waals surface area (Å²) in [5.74, 6) is 0.961. The number of nitrogens with zero attached hydrogens (tertiary/aromatic N) is 4. The summed E-state index contributed by atoms with van der Waals surface area (Å²) in [5, 5.41) is 3.90. The molecule has 0 fully saturated rings. The van der Waals surface area contributed by atoms with E-state index in [-0.39, 0.29) is 5.95 Å². The maximum absolute atomic E-state index is 5.35. The van der Waals surface area contributed by atoms with Crippen LogP contribution in [0.5, 0.6) is 0 Å². The Morgan fingerprint density at radius 2 is 2.17 bits per heavy atom. The first-order valence-electron chi connectivity index (χ1n) is 3.45. The van der Waals surface area contributed by atoms with Gasteiger partial charge in [-0.1, -0.05) is 6.07 Å². The topological polar surface area (TPSA) is 69.6 Å². The number of pyridine rings is 1. The van der Waals surface area contributed by atoms with Gasteiger partial charge in [0.2, 0.25) is 5.95 Å². The van der Waals surface area contributed by atoms with Crippen molar-refractivity contribution in [1.82, 2.24) is 19.7 Å². The number of hydrogen-bond donors (Lipinski definition) is 1. The molecule has 2 N–H and O–H groups in total. The molecule has 12 heavy (non-hydrogen) atoms. The number of nitrogen functional groups attached to an aromatic ring is 1. The van der Waals surface area contributed by atoms with Crippen molar-refractivity contribution in [1.29, 1.82) is 0 Å². The van der Waals surface area contributed by atoms with E-state index >= 15 is 0 Å². The Labute approximate surface area is 68.9 Å². The van der Waals surface area contributed by atoms with Gasteiger partial charge in [-0.25, -0.2) is 14.6 Å². The van der Waals surface area contributed by atoms with Gasteiger partial charge in [0.25, 0.3) is 0 Å². The molecular formula is C7H7N5. The van der Waals surface area contributed by atoms with E-state index in [0.29, 0.717) is 5.82 Å². The minimum atomic E-state index is 0.251. The molecule has 2 rings (SSSR count). The Kier molecular flexibility index (Phi) is 1.48. The molecule has 0 saturated carbocycles.